The number of hydrogen-bond donors (Lipinski definition) is 2. The van der Waals surface area contributed by atoms with E-state index in [2.05, 4.69) is 5.32 Å². The van der Waals surface area contributed by atoms with Gasteiger partial charge in [0.1, 0.15) is 6.54 Å². The number of benzene rings is 1. The molecule has 2 unspecified atom stereocenters. The molecule has 6 nitrogen and oxygen atoms in total. The maximum absolute atomic E-state index is 13.1. The van der Waals surface area contributed by atoms with Crippen molar-refractivity contribution in [2.24, 2.45) is 11.1 Å². The van der Waals surface area contributed by atoms with E-state index in [1.54, 1.807) is 6.92 Å². The number of amides is 2. The molecule has 1 aromatic carbocycles. The summed E-state index contributed by atoms with van der Waals surface area (Å²) in [4.78, 5) is 28.4. The van der Waals surface area contributed by atoms with E-state index in [4.69, 9.17) is 5.73 Å². The predicted octanol–water partition coefficient (Wildman–Crippen LogP) is 2.86. The molecule has 3 N–H and O–H groups in total. The van der Waals surface area contributed by atoms with Crippen LogP contribution >= 0.6 is 12.4 Å². The van der Waals surface area contributed by atoms with Gasteiger partial charge in [0.15, 0.2) is 0 Å². The summed E-state index contributed by atoms with van der Waals surface area (Å²) in [6.45, 7) is 6.90. The van der Waals surface area contributed by atoms with Gasteiger partial charge in [-0.25, -0.2) is 0 Å². The number of halogens is 4. The van der Waals surface area contributed by atoms with Gasteiger partial charge in [0.05, 0.1) is 23.0 Å². The Labute approximate surface area is 174 Å². The number of rotatable bonds is 2. The van der Waals surface area contributed by atoms with Gasteiger partial charge in [-0.1, -0.05) is 13.8 Å². The third kappa shape index (κ3) is 4.67. The Balaban J connectivity index is 0.00000300. The Morgan fingerprint density at radius 2 is 2.00 bits per heavy atom. The quantitative estimate of drug-likeness (QED) is 0.750. The Morgan fingerprint density at radius 1 is 1.34 bits per heavy atom. The van der Waals surface area contributed by atoms with E-state index < -0.39 is 23.7 Å². The third-order valence-corrected chi connectivity index (χ3v) is 5.70. The Kier molecular flexibility index (Phi) is 6.56. The highest BCUT2D eigenvalue weighted by Gasteiger charge is 2.40. The number of hydrogen-bond acceptors (Lipinski definition) is 4. The van der Waals surface area contributed by atoms with Crippen LogP contribution in [0.1, 0.15) is 32.8 Å². The highest BCUT2D eigenvalue weighted by Crippen LogP contribution is 2.37. The summed E-state index contributed by atoms with van der Waals surface area (Å²) in [5, 5.41) is 2.43. The van der Waals surface area contributed by atoms with Gasteiger partial charge in [0, 0.05) is 19.1 Å². The molecule has 1 aromatic rings. The first-order valence-corrected chi connectivity index (χ1v) is 9.22. The molecule has 0 aliphatic carbocycles. The topological polar surface area (TPSA) is 78.7 Å². The standard InChI is InChI=1S/C19H25F3N4O2.ClH/c1-11(25-7-6-15(23)18(2,3)10-25)17(28)26-9-16(27)24-13-8-12(19(20,21)22)4-5-14(13)26;/h4-5,8,11,15H,6-7,9-10,23H2,1-3H3,(H,24,27);1H. The van der Waals surface area contributed by atoms with Gasteiger partial charge in [0.2, 0.25) is 11.8 Å². The lowest BCUT2D eigenvalue weighted by molar-refractivity contribution is -0.137. The van der Waals surface area contributed by atoms with Crippen LogP contribution in [-0.4, -0.2) is 48.4 Å². The van der Waals surface area contributed by atoms with Crippen molar-refractivity contribution in [3.63, 3.8) is 0 Å². The molecule has 1 fully saturated rings. The number of nitrogens with zero attached hydrogens (tertiary/aromatic N) is 2. The Bertz CT molecular complexity index is 800. The molecule has 2 aliphatic rings. The van der Waals surface area contributed by atoms with Gasteiger partial charge in [-0.2, -0.15) is 13.2 Å². The predicted molar refractivity (Wildman–Crippen MR) is 107 cm³/mol. The molecule has 0 saturated carbocycles. The largest absolute Gasteiger partial charge is 0.416 e. The molecule has 0 radical (unpaired) electrons. The summed E-state index contributed by atoms with van der Waals surface area (Å²) in [6.07, 6.45) is -3.78. The van der Waals surface area contributed by atoms with Crippen molar-refractivity contribution >= 4 is 35.6 Å². The first kappa shape index (κ1) is 23.4. The van der Waals surface area contributed by atoms with Crippen LogP contribution in [0.15, 0.2) is 18.2 Å². The van der Waals surface area contributed by atoms with E-state index in [-0.39, 0.29) is 47.7 Å². The van der Waals surface area contributed by atoms with Crippen molar-refractivity contribution in [1.82, 2.24) is 4.90 Å². The number of nitrogens with two attached hydrogens (primary N) is 1. The molecular formula is C19H26ClF3N4O2. The highest BCUT2D eigenvalue weighted by atomic mass is 35.5. The van der Waals surface area contributed by atoms with Gasteiger partial charge in [-0.05, 0) is 37.0 Å². The SMILES string of the molecule is CC(C(=O)N1CC(=O)Nc2cc(C(F)(F)F)ccc21)N1CCC(N)C(C)(C)C1.Cl. The molecule has 162 valence electrons. The summed E-state index contributed by atoms with van der Waals surface area (Å²) in [6, 6.07) is 2.53. The molecule has 1 saturated heterocycles. The normalized spacial score (nSPS) is 22.9. The van der Waals surface area contributed by atoms with E-state index >= 15 is 0 Å². The van der Waals surface area contributed by atoms with Gasteiger partial charge in [0.25, 0.3) is 0 Å². The van der Waals surface area contributed by atoms with Crippen molar-refractivity contribution in [1.29, 1.82) is 0 Å². The zero-order valence-electron chi connectivity index (χ0n) is 16.5. The molecule has 0 aromatic heterocycles. The zero-order valence-corrected chi connectivity index (χ0v) is 17.4. The minimum absolute atomic E-state index is 0. The van der Waals surface area contributed by atoms with Crippen LogP contribution in [0.3, 0.4) is 0 Å². The van der Waals surface area contributed by atoms with Crippen LogP contribution in [0.5, 0.6) is 0 Å². The zero-order chi connectivity index (χ0) is 20.9. The average molecular weight is 435 g/mol. The number of alkyl halides is 3. The number of likely N-dealkylation sites (tertiary alicyclic amines) is 1. The second kappa shape index (κ2) is 8.12. The summed E-state index contributed by atoms with van der Waals surface area (Å²) in [7, 11) is 0. The Hall–Kier alpha value is -1.84. The highest BCUT2D eigenvalue weighted by molar-refractivity contribution is 6.11. The first-order valence-electron chi connectivity index (χ1n) is 9.22. The van der Waals surface area contributed by atoms with Crippen molar-refractivity contribution < 1.29 is 22.8 Å². The molecule has 0 spiro atoms. The van der Waals surface area contributed by atoms with Crippen LogP contribution in [0, 0.1) is 5.41 Å². The average Bonchev–Trinajstić information content (AvgIpc) is 2.60. The minimum atomic E-state index is -4.53. The molecule has 2 heterocycles. The van der Waals surface area contributed by atoms with Crippen LogP contribution in [-0.2, 0) is 15.8 Å². The van der Waals surface area contributed by atoms with Gasteiger partial charge in [-0.15, -0.1) is 12.4 Å². The first-order chi connectivity index (χ1) is 12.9. The summed E-state index contributed by atoms with van der Waals surface area (Å²) in [5.74, 6) is -0.837. The fourth-order valence-corrected chi connectivity index (χ4v) is 3.79. The number of carbonyl (C=O) groups excluding carboxylic acids is 2. The molecule has 2 amide bonds. The summed E-state index contributed by atoms with van der Waals surface area (Å²) >= 11 is 0. The Morgan fingerprint density at radius 3 is 2.59 bits per heavy atom. The van der Waals surface area contributed by atoms with Crippen molar-refractivity contribution in [3.05, 3.63) is 23.8 Å². The molecule has 3 rings (SSSR count). The fourth-order valence-electron chi connectivity index (χ4n) is 3.79. The lowest BCUT2D eigenvalue weighted by Gasteiger charge is -2.45. The maximum Gasteiger partial charge on any atom is 0.416 e. The number of piperidine rings is 1. The van der Waals surface area contributed by atoms with Crippen molar-refractivity contribution in [2.45, 2.75) is 45.5 Å². The maximum atomic E-state index is 13.1. The number of carbonyl (C=O) groups is 2. The van der Waals surface area contributed by atoms with Crippen LogP contribution in [0.25, 0.3) is 0 Å². The van der Waals surface area contributed by atoms with Gasteiger partial charge >= 0.3 is 6.18 Å². The lowest BCUT2D eigenvalue weighted by Crippen LogP contribution is -2.58. The van der Waals surface area contributed by atoms with Gasteiger partial charge < -0.3 is 11.1 Å². The van der Waals surface area contributed by atoms with E-state index in [9.17, 15) is 22.8 Å². The number of fused-ring (bicyclic) bond motifs is 1. The van der Waals surface area contributed by atoms with E-state index in [1.807, 2.05) is 18.7 Å². The molecule has 10 heteroatoms. The lowest BCUT2D eigenvalue weighted by atomic mass is 9.79. The fraction of sp³-hybridized carbons (Fsp3) is 0.579. The van der Waals surface area contributed by atoms with E-state index in [0.29, 0.717) is 13.1 Å². The smallest absolute Gasteiger partial charge is 0.327 e. The molecule has 29 heavy (non-hydrogen) atoms. The second-order valence-corrected chi connectivity index (χ2v) is 8.23. The summed E-state index contributed by atoms with van der Waals surface area (Å²) in [5.41, 5.74) is 5.39. The monoisotopic (exact) mass is 434 g/mol. The third-order valence-electron chi connectivity index (χ3n) is 5.70. The van der Waals surface area contributed by atoms with Crippen LogP contribution in [0.2, 0.25) is 0 Å². The summed E-state index contributed by atoms with van der Waals surface area (Å²) < 4.78 is 38.9. The molecule has 2 atom stereocenters. The van der Waals surface area contributed by atoms with Crippen LogP contribution < -0.4 is 16.0 Å². The van der Waals surface area contributed by atoms with Gasteiger partial charge in [-0.3, -0.25) is 19.4 Å². The van der Waals surface area contributed by atoms with Crippen molar-refractivity contribution in [2.75, 3.05) is 29.9 Å². The number of anilines is 2. The van der Waals surface area contributed by atoms with Crippen LogP contribution in [0.4, 0.5) is 24.5 Å². The number of nitrogens with one attached hydrogen (secondary N) is 1. The van der Waals surface area contributed by atoms with Crippen molar-refractivity contribution in [3.8, 4) is 0 Å². The molecule has 2 aliphatic heterocycles. The van der Waals surface area contributed by atoms with E-state index in [0.717, 1.165) is 18.6 Å². The molecule has 0 bridgehead atoms. The second-order valence-electron chi connectivity index (χ2n) is 8.23. The van der Waals surface area contributed by atoms with E-state index in [1.165, 1.54) is 11.0 Å². The minimum Gasteiger partial charge on any atom is -0.327 e. The molecular weight excluding hydrogens is 409 g/mol.